The Morgan fingerprint density at radius 1 is 0.977 bits per heavy atom. The maximum atomic E-state index is 14.0. The van der Waals surface area contributed by atoms with Crippen LogP contribution in [-0.2, 0) is 32.6 Å². The summed E-state index contributed by atoms with van der Waals surface area (Å²) in [6.07, 6.45) is 1.75. The summed E-state index contributed by atoms with van der Waals surface area (Å²) in [5.74, 6) is 0.226. The molecule has 0 radical (unpaired) electrons. The number of amides is 2. The number of benzene rings is 3. The van der Waals surface area contributed by atoms with E-state index in [-0.39, 0.29) is 48.7 Å². The van der Waals surface area contributed by atoms with Gasteiger partial charge in [0, 0.05) is 32.5 Å². The fraction of sp³-hybridized carbons (Fsp3) is 0.394. The number of sulfonamides is 1. The minimum atomic E-state index is -3.67. The van der Waals surface area contributed by atoms with Gasteiger partial charge in [0.15, 0.2) is 0 Å². The van der Waals surface area contributed by atoms with Crippen LogP contribution in [0.15, 0.2) is 72.8 Å². The van der Waals surface area contributed by atoms with Crippen LogP contribution in [0.1, 0.15) is 43.4 Å². The second-order valence-corrected chi connectivity index (χ2v) is 13.4. The van der Waals surface area contributed by atoms with Gasteiger partial charge in [-0.25, -0.2) is 8.42 Å². The number of nitrogens with one attached hydrogen (secondary N) is 1. The highest BCUT2D eigenvalue weighted by molar-refractivity contribution is 7.92. The van der Waals surface area contributed by atoms with Crippen molar-refractivity contribution in [2.45, 2.75) is 52.6 Å². The van der Waals surface area contributed by atoms with Crippen molar-refractivity contribution in [2.75, 3.05) is 30.8 Å². The van der Waals surface area contributed by atoms with Crippen LogP contribution in [0.25, 0.3) is 0 Å². The quantitative estimate of drug-likeness (QED) is 0.236. The van der Waals surface area contributed by atoms with E-state index in [9.17, 15) is 18.0 Å². The van der Waals surface area contributed by atoms with Gasteiger partial charge in [-0.3, -0.25) is 13.9 Å². The summed E-state index contributed by atoms with van der Waals surface area (Å²) in [4.78, 5) is 29.2. The van der Waals surface area contributed by atoms with Gasteiger partial charge in [-0.05, 0) is 48.6 Å². The number of methoxy groups -OCH3 is 1. The molecular formula is C33H42ClN3O5S. The first-order valence-electron chi connectivity index (χ1n) is 14.4. The van der Waals surface area contributed by atoms with Gasteiger partial charge in [0.05, 0.1) is 24.1 Å². The molecule has 10 heteroatoms. The summed E-state index contributed by atoms with van der Waals surface area (Å²) in [6.45, 7) is 6.82. The maximum absolute atomic E-state index is 14.0. The number of hydrogen-bond donors (Lipinski definition) is 1. The topological polar surface area (TPSA) is 96.0 Å². The van der Waals surface area contributed by atoms with Gasteiger partial charge in [-0.2, -0.15) is 0 Å². The van der Waals surface area contributed by atoms with Gasteiger partial charge >= 0.3 is 0 Å². The van der Waals surface area contributed by atoms with Gasteiger partial charge in [-0.15, -0.1) is 0 Å². The molecule has 43 heavy (non-hydrogen) atoms. The van der Waals surface area contributed by atoms with Gasteiger partial charge in [0.1, 0.15) is 11.8 Å². The molecule has 0 bridgehead atoms. The van der Waals surface area contributed by atoms with Crippen LogP contribution in [-0.4, -0.2) is 57.6 Å². The molecule has 0 aliphatic rings. The van der Waals surface area contributed by atoms with Crippen molar-refractivity contribution in [3.63, 3.8) is 0 Å². The highest BCUT2D eigenvalue weighted by Crippen LogP contribution is 2.30. The summed E-state index contributed by atoms with van der Waals surface area (Å²) in [5.41, 5.74) is 3.28. The monoisotopic (exact) mass is 627 g/mol. The molecule has 8 nitrogen and oxygen atoms in total. The van der Waals surface area contributed by atoms with Crippen LogP contribution in [0, 0.1) is 12.8 Å². The number of nitrogens with zero attached hydrogens (tertiary/aromatic N) is 2. The first kappa shape index (κ1) is 33.9. The fourth-order valence-corrected chi connectivity index (χ4v) is 6.01. The molecule has 0 heterocycles. The second-order valence-electron chi connectivity index (χ2n) is 11.1. The Morgan fingerprint density at radius 3 is 2.28 bits per heavy atom. The third-order valence-corrected chi connectivity index (χ3v) is 8.46. The molecule has 0 spiro atoms. The molecule has 0 fully saturated rings. The average molecular weight is 628 g/mol. The molecule has 0 aliphatic carbocycles. The Bertz CT molecular complexity index is 1480. The van der Waals surface area contributed by atoms with Crippen LogP contribution in [0.4, 0.5) is 5.69 Å². The van der Waals surface area contributed by atoms with Gasteiger partial charge in [0.25, 0.3) is 0 Å². The summed E-state index contributed by atoms with van der Waals surface area (Å²) in [6, 6.07) is 21.5. The molecule has 1 N–H and O–H groups in total. The summed E-state index contributed by atoms with van der Waals surface area (Å²) < 4.78 is 31.8. The number of ether oxygens (including phenoxy) is 1. The smallest absolute Gasteiger partial charge is 0.243 e. The largest absolute Gasteiger partial charge is 0.495 e. The van der Waals surface area contributed by atoms with Crippen molar-refractivity contribution in [3.05, 3.63) is 94.5 Å². The third kappa shape index (κ3) is 10.3. The van der Waals surface area contributed by atoms with Crippen molar-refractivity contribution in [3.8, 4) is 5.75 Å². The summed E-state index contributed by atoms with van der Waals surface area (Å²) in [5, 5.41) is 3.30. The van der Waals surface area contributed by atoms with E-state index >= 15 is 0 Å². The van der Waals surface area contributed by atoms with Crippen LogP contribution in [0.2, 0.25) is 5.02 Å². The predicted molar refractivity (Wildman–Crippen MR) is 173 cm³/mol. The van der Waals surface area contributed by atoms with E-state index in [0.29, 0.717) is 24.4 Å². The fourth-order valence-electron chi connectivity index (χ4n) is 4.80. The zero-order valence-corrected chi connectivity index (χ0v) is 27.1. The highest BCUT2D eigenvalue weighted by atomic mass is 35.5. The van der Waals surface area contributed by atoms with Crippen LogP contribution in [0.5, 0.6) is 5.75 Å². The summed E-state index contributed by atoms with van der Waals surface area (Å²) >= 11 is 6.27. The number of carbonyl (C=O) groups is 2. The second kappa shape index (κ2) is 15.8. The zero-order chi connectivity index (χ0) is 31.6. The minimum absolute atomic E-state index is 0.0461. The first-order chi connectivity index (χ1) is 20.4. The molecule has 0 aromatic heterocycles. The third-order valence-electron chi connectivity index (χ3n) is 6.97. The molecule has 0 saturated heterocycles. The molecule has 0 unspecified atom stereocenters. The lowest BCUT2D eigenvalue weighted by Crippen LogP contribution is -2.51. The normalized spacial score (nSPS) is 12.1. The number of carbonyl (C=O) groups excluding carboxylic acids is 2. The van der Waals surface area contributed by atoms with E-state index in [1.54, 1.807) is 17.0 Å². The number of rotatable bonds is 15. The molecule has 3 aromatic carbocycles. The first-order valence-corrected chi connectivity index (χ1v) is 16.6. The highest BCUT2D eigenvalue weighted by Gasteiger charge is 2.30. The maximum Gasteiger partial charge on any atom is 0.243 e. The lowest BCUT2D eigenvalue weighted by Gasteiger charge is -2.32. The Morgan fingerprint density at radius 2 is 1.67 bits per heavy atom. The van der Waals surface area contributed by atoms with E-state index in [4.69, 9.17) is 16.3 Å². The molecule has 2 amide bonds. The minimum Gasteiger partial charge on any atom is -0.495 e. The predicted octanol–water partition coefficient (Wildman–Crippen LogP) is 5.62. The molecule has 232 valence electrons. The van der Waals surface area contributed by atoms with Crippen molar-refractivity contribution in [1.29, 1.82) is 0 Å². The van der Waals surface area contributed by atoms with Crippen LogP contribution in [0.3, 0.4) is 0 Å². The van der Waals surface area contributed by atoms with E-state index in [0.717, 1.165) is 22.9 Å². The molecular weight excluding hydrogens is 586 g/mol. The zero-order valence-electron chi connectivity index (χ0n) is 25.5. The van der Waals surface area contributed by atoms with Crippen molar-refractivity contribution in [2.24, 2.45) is 5.92 Å². The standard InChI is InChI=1S/C33H42ClN3O5S/c1-24(2)22-35-33(39)30(20-26-12-7-6-8-13-26)36(23-27-14-9-11-25(3)19-27)32(38)15-10-18-37(43(5,40)41)28-16-17-31(42-4)29(34)21-28/h6-9,11-14,16-17,19,21,24,30H,10,15,18,20,22-23H2,1-5H3,(H,35,39)/t30-/m1/s1. The van der Waals surface area contributed by atoms with E-state index < -0.39 is 16.1 Å². The number of halogens is 1. The van der Waals surface area contributed by atoms with Gasteiger partial charge in [0.2, 0.25) is 21.8 Å². The SMILES string of the molecule is COc1ccc(N(CCCC(=O)N(Cc2cccc(C)c2)[C@H](Cc2ccccc2)C(=O)NCC(C)C)S(C)(=O)=O)cc1Cl. The lowest BCUT2D eigenvalue weighted by atomic mass is 10.0. The Balaban J connectivity index is 1.89. The number of anilines is 1. The molecule has 3 aromatic rings. The number of aryl methyl sites for hydroxylation is 1. The molecule has 1 atom stereocenters. The molecule has 0 aliphatic heterocycles. The Kier molecular flexibility index (Phi) is 12.5. The van der Waals surface area contributed by atoms with Crippen molar-refractivity contribution >= 4 is 39.1 Å². The van der Waals surface area contributed by atoms with E-state index in [1.165, 1.54) is 17.5 Å². The van der Waals surface area contributed by atoms with E-state index in [2.05, 4.69) is 5.32 Å². The van der Waals surface area contributed by atoms with Crippen LogP contribution < -0.4 is 14.4 Å². The number of hydrogen-bond acceptors (Lipinski definition) is 5. The Hall–Kier alpha value is -3.56. The van der Waals surface area contributed by atoms with Gasteiger partial charge in [-0.1, -0.05) is 85.6 Å². The van der Waals surface area contributed by atoms with Crippen molar-refractivity contribution < 1.29 is 22.7 Å². The average Bonchev–Trinajstić information content (AvgIpc) is 2.95. The molecule has 0 saturated carbocycles. The Labute approximate surface area is 261 Å². The lowest BCUT2D eigenvalue weighted by molar-refractivity contribution is -0.141. The summed E-state index contributed by atoms with van der Waals surface area (Å²) in [7, 11) is -2.18. The van der Waals surface area contributed by atoms with Gasteiger partial charge < -0.3 is 15.0 Å². The molecule has 3 rings (SSSR count). The van der Waals surface area contributed by atoms with E-state index in [1.807, 2.05) is 75.4 Å². The van der Waals surface area contributed by atoms with Crippen molar-refractivity contribution in [1.82, 2.24) is 10.2 Å². The van der Waals surface area contributed by atoms with Crippen LogP contribution >= 0.6 is 11.6 Å².